The molecule has 1 amide bonds. The Morgan fingerprint density at radius 2 is 1.86 bits per heavy atom. The van der Waals surface area contributed by atoms with E-state index in [0.29, 0.717) is 43.7 Å². The number of β-amino-alcohol motifs (C(OH)–C–C–N with tert-alkyl or cyclic N) is 1. The fourth-order valence-electron chi connectivity index (χ4n) is 4.75. The van der Waals surface area contributed by atoms with Gasteiger partial charge in [0.15, 0.2) is 0 Å². The van der Waals surface area contributed by atoms with Crippen molar-refractivity contribution in [2.24, 2.45) is 0 Å². The quantitative estimate of drug-likeness (QED) is 0.527. The molecular weight excluding hydrogens is 459 g/mol. The zero-order valence-electron chi connectivity index (χ0n) is 19.6. The van der Waals surface area contributed by atoms with E-state index in [2.05, 4.69) is 32.7 Å². The smallest absolute Gasteiger partial charge is 0.390 e. The van der Waals surface area contributed by atoms with E-state index >= 15 is 0 Å². The predicted molar refractivity (Wildman–Crippen MR) is 127 cm³/mol. The highest BCUT2D eigenvalue weighted by Gasteiger charge is 2.32. The molecule has 1 fully saturated rings. The summed E-state index contributed by atoms with van der Waals surface area (Å²) in [5, 5.41) is 16.5. The summed E-state index contributed by atoms with van der Waals surface area (Å²) >= 11 is 0. The second-order valence-electron chi connectivity index (χ2n) is 9.39. The maximum atomic E-state index is 12.6. The second-order valence-corrected chi connectivity index (χ2v) is 9.39. The maximum Gasteiger partial charge on any atom is 0.401 e. The van der Waals surface area contributed by atoms with Crippen LogP contribution in [0.25, 0.3) is 0 Å². The van der Waals surface area contributed by atoms with Gasteiger partial charge in [0.1, 0.15) is 0 Å². The third kappa shape index (κ3) is 7.65. The van der Waals surface area contributed by atoms with Crippen LogP contribution in [0, 0.1) is 0 Å². The van der Waals surface area contributed by atoms with Gasteiger partial charge in [-0.05, 0) is 36.5 Å². The summed E-state index contributed by atoms with van der Waals surface area (Å²) in [7, 11) is 0. The summed E-state index contributed by atoms with van der Waals surface area (Å²) < 4.78 is 37.7. The number of benzene rings is 1. The van der Waals surface area contributed by atoms with Crippen molar-refractivity contribution in [2.75, 3.05) is 44.6 Å². The van der Waals surface area contributed by atoms with Crippen molar-refractivity contribution in [1.82, 2.24) is 20.1 Å². The monoisotopic (exact) mass is 491 g/mol. The molecule has 190 valence electrons. The number of fused-ring (bicyclic) bond motifs is 1. The van der Waals surface area contributed by atoms with E-state index in [4.69, 9.17) is 0 Å². The van der Waals surface area contributed by atoms with Crippen molar-refractivity contribution in [3.63, 3.8) is 0 Å². The molecule has 0 saturated carbocycles. The Labute approximate surface area is 203 Å². The Bertz CT molecular complexity index is 995. The first-order chi connectivity index (χ1) is 16.7. The zero-order valence-corrected chi connectivity index (χ0v) is 19.6. The van der Waals surface area contributed by atoms with Gasteiger partial charge in [-0.15, -0.1) is 0 Å². The summed E-state index contributed by atoms with van der Waals surface area (Å²) in [5.41, 5.74) is 3.64. The normalized spacial score (nSPS) is 18.6. The van der Waals surface area contributed by atoms with Crippen LogP contribution in [0.5, 0.6) is 0 Å². The van der Waals surface area contributed by atoms with Crippen LogP contribution in [0.2, 0.25) is 0 Å². The molecular formula is C25H32F3N5O2. The topological polar surface area (TPSA) is 80.7 Å². The van der Waals surface area contributed by atoms with Crippen LogP contribution >= 0.6 is 0 Å². The number of rotatable bonds is 8. The number of aliphatic hydroxyl groups excluding tert-OH is 1. The number of aliphatic hydroxyl groups is 1. The lowest BCUT2D eigenvalue weighted by molar-refractivity contribution is -0.147. The van der Waals surface area contributed by atoms with E-state index in [-0.39, 0.29) is 18.5 Å². The van der Waals surface area contributed by atoms with Gasteiger partial charge in [0.2, 0.25) is 0 Å². The van der Waals surface area contributed by atoms with Gasteiger partial charge >= 0.3 is 6.18 Å². The minimum Gasteiger partial charge on any atom is -0.390 e. The number of likely N-dealkylation sites (tertiary alicyclic amines) is 1. The molecule has 1 atom stereocenters. The minimum absolute atomic E-state index is 0.0242. The number of piperidine rings is 1. The number of nitrogens with zero attached hydrogens (tertiary/aromatic N) is 3. The average Bonchev–Trinajstić information content (AvgIpc) is 2.83. The van der Waals surface area contributed by atoms with Crippen molar-refractivity contribution in [2.45, 2.75) is 44.1 Å². The van der Waals surface area contributed by atoms with Crippen LogP contribution in [-0.2, 0) is 13.0 Å². The van der Waals surface area contributed by atoms with E-state index in [0.717, 1.165) is 19.5 Å². The molecule has 1 aromatic heterocycles. The fraction of sp³-hybridized carbons (Fsp3) is 0.520. The first kappa shape index (κ1) is 25.4. The second kappa shape index (κ2) is 11.4. The number of anilines is 1. The Balaban J connectivity index is 1.21. The number of pyridine rings is 1. The molecule has 1 saturated heterocycles. The van der Waals surface area contributed by atoms with Crippen LogP contribution in [0.15, 0.2) is 42.7 Å². The van der Waals surface area contributed by atoms with Crippen molar-refractivity contribution >= 4 is 11.6 Å². The Morgan fingerprint density at radius 1 is 1.11 bits per heavy atom. The molecule has 2 aromatic rings. The summed E-state index contributed by atoms with van der Waals surface area (Å²) in [6.45, 7) is 2.11. The molecule has 2 aliphatic rings. The SMILES string of the molecule is O=C(NCC(O)CN1CCc2ccccc2C1)c1cncc(NC2CCN(CC(F)(F)F)CC2)c1. The minimum atomic E-state index is -4.18. The van der Waals surface area contributed by atoms with Gasteiger partial charge in [-0.25, -0.2) is 0 Å². The number of alkyl halides is 3. The lowest BCUT2D eigenvalue weighted by atomic mass is 10.00. The van der Waals surface area contributed by atoms with Gasteiger partial charge < -0.3 is 15.7 Å². The number of carbonyl (C=O) groups excluding carboxylic acids is 1. The zero-order chi connectivity index (χ0) is 24.8. The van der Waals surface area contributed by atoms with E-state index in [1.165, 1.54) is 22.2 Å². The summed E-state index contributed by atoms with van der Waals surface area (Å²) in [4.78, 5) is 20.3. The van der Waals surface area contributed by atoms with Crippen molar-refractivity contribution in [3.05, 3.63) is 59.4 Å². The highest BCUT2D eigenvalue weighted by Crippen LogP contribution is 2.22. The fourth-order valence-corrected chi connectivity index (χ4v) is 4.75. The van der Waals surface area contributed by atoms with Gasteiger partial charge in [0, 0.05) is 57.7 Å². The summed E-state index contributed by atoms with van der Waals surface area (Å²) in [5.74, 6) is -0.329. The van der Waals surface area contributed by atoms with Crippen LogP contribution in [0.3, 0.4) is 0 Å². The number of amides is 1. The van der Waals surface area contributed by atoms with E-state index < -0.39 is 18.8 Å². The van der Waals surface area contributed by atoms with Gasteiger partial charge in [0.05, 0.1) is 23.9 Å². The molecule has 1 unspecified atom stereocenters. The molecule has 3 heterocycles. The number of halogens is 3. The predicted octanol–water partition coefficient (Wildman–Crippen LogP) is 2.67. The molecule has 0 aliphatic carbocycles. The number of hydrogen-bond acceptors (Lipinski definition) is 6. The molecule has 1 aromatic carbocycles. The van der Waals surface area contributed by atoms with E-state index in [1.807, 2.05) is 12.1 Å². The van der Waals surface area contributed by atoms with Crippen LogP contribution in [-0.4, -0.2) is 83.4 Å². The van der Waals surface area contributed by atoms with Gasteiger partial charge in [-0.3, -0.25) is 19.6 Å². The molecule has 3 N–H and O–H groups in total. The summed E-state index contributed by atoms with van der Waals surface area (Å²) in [6, 6.07) is 10.0. The van der Waals surface area contributed by atoms with Gasteiger partial charge in [-0.1, -0.05) is 24.3 Å². The molecule has 0 spiro atoms. The van der Waals surface area contributed by atoms with Crippen molar-refractivity contribution in [1.29, 1.82) is 0 Å². The number of hydrogen-bond donors (Lipinski definition) is 3. The van der Waals surface area contributed by atoms with E-state index in [1.54, 1.807) is 12.3 Å². The van der Waals surface area contributed by atoms with E-state index in [9.17, 15) is 23.1 Å². The van der Waals surface area contributed by atoms with Crippen LogP contribution in [0.4, 0.5) is 18.9 Å². The highest BCUT2D eigenvalue weighted by molar-refractivity contribution is 5.94. The third-order valence-corrected chi connectivity index (χ3v) is 6.54. The molecule has 10 heteroatoms. The Hall–Kier alpha value is -2.69. The lowest BCUT2D eigenvalue weighted by Crippen LogP contribution is -2.43. The molecule has 2 aliphatic heterocycles. The van der Waals surface area contributed by atoms with Crippen molar-refractivity contribution < 1.29 is 23.1 Å². The van der Waals surface area contributed by atoms with Gasteiger partial charge in [-0.2, -0.15) is 13.2 Å². The average molecular weight is 492 g/mol. The number of aromatic nitrogens is 1. The Morgan fingerprint density at radius 3 is 2.60 bits per heavy atom. The molecule has 7 nitrogen and oxygen atoms in total. The maximum absolute atomic E-state index is 12.6. The van der Waals surface area contributed by atoms with Gasteiger partial charge in [0.25, 0.3) is 5.91 Å². The highest BCUT2D eigenvalue weighted by atomic mass is 19.4. The Kier molecular flexibility index (Phi) is 8.25. The first-order valence-electron chi connectivity index (χ1n) is 12.0. The standard InChI is InChI=1S/C25H32F3N5O2/c26-25(27,28)17-32-9-6-21(7-10-32)31-22-11-20(12-29-13-22)24(35)30-14-23(34)16-33-8-5-18-3-1-2-4-19(18)15-33/h1-4,11-13,21,23,31,34H,5-10,14-17H2,(H,30,35). The largest absolute Gasteiger partial charge is 0.401 e. The molecule has 35 heavy (non-hydrogen) atoms. The first-order valence-corrected chi connectivity index (χ1v) is 12.0. The third-order valence-electron chi connectivity index (χ3n) is 6.54. The van der Waals surface area contributed by atoms with Crippen LogP contribution in [0.1, 0.15) is 34.3 Å². The van der Waals surface area contributed by atoms with Crippen molar-refractivity contribution in [3.8, 4) is 0 Å². The molecule has 0 bridgehead atoms. The lowest BCUT2D eigenvalue weighted by Gasteiger charge is -2.33. The molecule has 4 rings (SSSR count). The van der Waals surface area contributed by atoms with Crippen LogP contribution < -0.4 is 10.6 Å². The number of carbonyl (C=O) groups is 1. The molecule has 0 radical (unpaired) electrons. The summed E-state index contributed by atoms with van der Waals surface area (Å²) in [6.07, 6.45) is 0.294. The number of nitrogens with one attached hydrogen (secondary N) is 2.